The Balaban J connectivity index is 1.96. The third-order valence-electron chi connectivity index (χ3n) is 4.41. The Bertz CT molecular complexity index is 640. The van der Waals surface area contributed by atoms with Crippen molar-refractivity contribution in [3.05, 3.63) is 65.5 Å². The maximum Gasteiger partial charge on any atom is 0.131 e. The highest BCUT2D eigenvalue weighted by Crippen LogP contribution is 2.35. The summed E-state index contributed by atoms with van der Waals surface area (Å²) in [6.45, 7) is 8.22. The van der Waals surface area contributed by atoms with Crippen molar-refractivity contribution in [2.45, 2.75) is 26.9 Å². The first-order chi connectivity index (χ1) is 11.3. The third-order valence-corrected chi connectivity index (χ3v) is 4.41. The van der Waals surface area contributed by atoms with Crippen LogP contribution in [0.5, 0.6) is 5.75 Å². The van der Waals surface area contributed by atoms with E-state index in [2.05, 4.69) is 48.0 Å². The van der Waals surface area contributed by atoms with Crippen LogP contribution in [-0.2, 0) is 6.61 Å². The highest BCUT2D eigenvalue weighted by atomic mass is 16.5. The van der Waals surface area contributed by atoms with E-state index in [0.29, 0.717) is 6.61 Å². The topological polar surface area (TPSA) is 25.4 Å². The quantitative estimate of drug-likeness (QED) is 0.830. The fourth-order valence-corrected chi connectivity index (χ4v) is 3.06. The third kappa shape index (κ3) is 3.45. The normalized spacial score (nSPS) is 15.0. The second-order valence-corrected chi connectivity index (χ2v) is 5.72. The zero-order chi connectivity index (χ0) is 16.1. The zero-order valence-electron chi connectivity index (χ0n) is 14.0. The first-order valence-corrected chi connectivity index (χ1v) is 8.42. The van der Waals surface area contributed by atoms with Crippen LogP contribution >= 0.6 is 0 Å². The molecule has 3 heteroatoms. The predicted molar refractivity (Wildman–Crippen MR) is 94.5 cm³/mol. The lowest BCUT2D eigenvalue weighted by Crippen LogP contribution is -2.23. The molecule has 0 amide bonds. The van der Waals surface area contributed by atoms with Gasteiger partial charge in [0.15, 0.2) is 0 Å². The average molecular weight is 308 g/mol. The van der Waals surface area contributed by atoms with E-state index >= 15 is 0 Å². The molecule has 0 unspecified atom stereocenters. The molecule has 23 heavy (non-hydrogen) atoms. The lowest BCUT2D eigenvalue weighted by molar-refractivity contribution is 0.302. The lowest BCUT2D eigenvalue weighted by Gasteiger charge is -2.17. The van der Waals surface area contributed by atoms with Crippen molar-refractivity contribution < 1.29 is 4.74 Å². The molecule has 0 N–H and O–H groups in total. The van der Waals surface area contributed by atoms with Crippen LogP contribution in [0.3, 0.4) is 0 Å². The maximum atomic E-state index is 5.96. The molecule has 0 aliphatic carbocycles. The SMILES string of the molecule is CCN(CC)CC/C=C1/c2ccccc2OCc2ncccc21. The molecule has 0 saturated carbocycles. The van der Waals surface area contributed by atoms with Gasteiger partial charge in [-0.3, -0.25) is 4.98 Å². The molecule has 0 bridgehead atoms. The number of nitrogens with zero attached hydrogens (tertiary/aromatic N) is 2. The molecule has 1 aliphatic rings. The molecule has 0 atom stereocenters. The zero-order valence-corrected chi connectivity index (χ0v) is 14.0. The fraction of sp³-hybridized carbons (Fsp3) is 0.350. The van der Waals surface area contributed by atoms with Crippen molar-refractivity contribution in [1.29, 1.82) is 0 Å². The Morgan fingerprint density at radius 1 is 1.09 bits per heavy atom. The van der Waals surface area contributed by atoms with Crippen LogP contribution in [0.1, 0.15) is 37.1 Å². The summed E-state index contributed by atoms with van der Waals surface area (Å²) in [7, 11) is 0. The number of fused-ring (bicyclic) bond motifs is 2. The molecule has 1 aromatic carbocycles. The van der Waals surface area contributed by atoms with Gasteiger partial charge in [0, 0.05) is 23.9 Å². The average Bonchev–Trinajstić information content (AvgIpc) is 2.76. The Morgan fingerprint density at radius 2 is 1.87 bits per heavy atom. The van der Waals surface area contributed by atoms with Gasteiger partial charge in [0.2, 0.25) is 0 Å². The first-order valence-electron chi connectivity index (χ1n) is 8.42. The summed E-state index contributed by atoms with van der Waals surface area (Å²) < 4.78 is 5.96. The van der Waals surface area contributed by atoms with Gasteiger partial charge in [0.1, 0.15) is 12.4 Å². The van der Waals surface area contributed by atoms with Crippen molar-refractivity contribution in [1.82, 2.24) is 9.88 Å². The second-order valence-electron chi connectivity index (χ2n) is 5.72. The summed E-state index contributed by atoms with van der Waals surface area (Å²) in [5.41, 5.74) is 4.61. The predicted octanol–water partition coefficient (Wildman–Crippen LogP) is 4.14. The number of rotatable bonds is 5. The highest BCUT2D eigenvalue weighted by molar-refractivity contribution is 5.84. The molecule has 0 saturated heterocycles. The van der Waals surface area contributed by atoms with Crippen molar-refractivity contribution in [3.8, 4) is 5.75 Å². The van der Waals surface area contributed by atoms with Crippen molar-refractivity contribution in [2.24, 2.45) is 0 Å². The van der Waals surface area contributed by atoms with Gasteiger partial charge in [-0.15, -0.1) is 0 Å². The molecule has 1 aliphatic heterocycles. The van der Waals surface area contributed by atoms with Crippen molar-refractivity contribution >= 4 is 5.57 Å². The van der Waals surface area contributed by atoms with Crippen LogP contribution in [0, 0.1) is 0 Å². The van der Waals surface area contributed by atoms with E-state index in [4.69, 9.17) is 4.74 Å². The number of benzene rings is 1. The van der Waals surface area contributed by atoms with E-state index in [1.807, 2.05) is 24.4 Å². The Labute approximate surface area is 138 Å². The van der Waals surface area contributed by atoms with Gasteiger partial charge in [-0.1, -0.05) is 44.2 Å². The minimum atomic E-state index is 0.528. The molecule has 0 spiro atoms. The maximum absolute atomic E-state index is 5.96. The fourth-order valence-electron chi connectivity index (χ4n) is 3.06. The van der Waals surface area contributed by atoms with Crippen LogP contribution in [0.4, 0.5) is 0 Å². The summed E-state index contributed by atoms with van der Waals surface area (Å²) in [6, 6.07) is 12.4. The molecule has 3 rings (SSSR count). The molecular formula is C20H24N2O. The van der Waals surface area contributed by atoms with Gasteiger partial charge in [-0.05, 0) is 37.2 Å². The minimum absolute atomic E-state index is 0.528. The largest absolute Gasteiger partial charge is 0.487 e. The Hall–Kier alpha value is -2.13. The van der Waals surface area contributed by atoms with Crippen LogP contribution in [0.25, 0.3) is 5.57 Å². The second kappa shape index (κ2) is 7.42. The van der Waals surface area contributed by atoms with Gasteiger partial charge in [0.05, 0.1) is 5.69 Å². The monoisotopic (exact) mass is 308 g/mol. The molecule has 120 valence electrons. The number of aromatic nitrogens is 1. The van der Waals surface area contributed by atoms with Crippen molar-refractivity contribution in [3.63, 3.8) is 0 Å². The van der Waals surface area contributed by atoms with Crippen LogP contribution in [-0.4, -0.2) is 29.5 Å². The number of pyridine rings is 1. The number of hydrogen-bond acceptors (Lipinski definition) is 3. The summed E-state index contributed by atoms with van der Waals surface area (Å²) in [4.78, 5) is 6.96. The summed E-state index contributed by atoms with van der Waals surface area (Å²) in [5.74, 6) is 0.944. The van der Waals surface area contributed by atoms with E-state index in [1.165, 1.54) is 16.7 Å². The molecular weight excluding hydrogens is 284 g/mol. The van der Waals surface area contributed by atoms with Gasteiger partial charge in [-0.2, -0.15) is 0 Å². The molecule has 0 radical (unpaired) electrons. The molecule has 0 fully saturated rings. The van der Waals surface area contributed by atoms with E-state index < -0.39 is 0 Å². The van der Waals surface area contributed by atoms with Gasteiger partial charge < -0.3 is 9.64 Å². The van der Waals surface area contributed by atoms with E-state index in [0.717, 1.165) is 37.5 Å². The van der Waals surface area contributed by atoms with Gasteiger partial charge >= 0.3 is 0 Å². The van der Waals surface area contributed by atoms with E-state index in [1.54, 1.807) is 0 Å². The molecule has 3 nitrogen and oxygen atoms in total. The number of para-hydroxylation sites is 1. The van der Waals surface area contributed by atoms with Crippen LogP contribution < -0.4 is 4.74 Å². The summed E-state index contributed by atoms with van der Waals surface area (Å²) >= 11 is 0. The molecule has 2 aromatic rings. The number of hydrogen-bond donors (Lipinski definition) is 0. The molecule has 1 aromatic heterocycles. The summed E-state index contributed by atoms with van der Waals surface area (Å²) in [5, 5.41) is 0. The molecule has 2 heterocycles. The van der Waals surface area contributed by atoms with Crippen LogP contribution in [0.2, 0.25) is 0 Å². The standard InChI is InChI=1S/C20H24N2O/c1-3-22(4-2)14-8-11-16-17-10-7-13-21-19(17)15-23-20-12-6-5-9-18(16)20/h5-7,9-13H,3-4,8,14-15H2,1-2H3/b16-11+. The Morgan fingerprint density at radius 3 is 2.70 bits per heavy atom. The van der Waals surface area contributed by atoms with Crippen LogP contribution in [0.15, 0.2) is 48.7 Å². The van der Waals surface area contributed by atoms with Crippen molar-refractivity contribution in [2.75, 3.05) is 19.6 Å². The van der Waals surface area contributed by atoms with Gasteiger partial charge in [0.25, 0.3) is 0 Å². The highest BCUT2D eigenvalue weighted by Gasteiger charge is 2.19. The van der Waals surface area contributed by atoms with E-state index in [9.17, 15) is 0 Å². The lowest BCUT2D eigenvalue weighted by atomic mass is 9.96. The smallest absolute Gasteiger partial charge is 0.131 e. The van der Waals surface area contributed by atoms with Gasteiger partial charge in [-0.25, -0.2) is 0 Å². The summed E-state index contributed by atoms with van der Waals surface area (Å²) in [6.07, 6.45) is 5.21. The number of ether oxygens (including phenoxy) is 1. The van der Waals surface area contributed by atoms with E-state index in [-0.39, 0.29) is 0 Å². The first kappa shape index (κ1) is 15.8. The minimum Gasteiger partial charge on any atom is -0.487 e. The Kier molecular flexibility index (Phi) is 5.09.